The second-order valence-electron chi connectivity index (χ2n) is 4.96. The molecule has 0 saturated carbocycles. The largest absolute Gasteiger partial charge is 0.280 e. The van der Waals surface area contributed by atoms with Gasteiger partial charge in [-0.25, -0.2) is 17.2 Å². The van der Waals surface area contributed by atoms with Crippen LogP contribution in [-0.2, 0) is 10.0 Å². The summed E-state index contributed by atoms with van der Waals surface area (Å²) in [5, 5.41) is 0. The van der Waals surface area contributed by atoms with Gasteiger partial charge in [-0.2, -0.15) is 0 Å². The Morgan fingerprint density at radius 1 is 1.00 bits per heavy atom. The van der Waals surface area contributed by atoms with Crippen molar-refractivity contribution in [3.63, 3.8) is 0 Å². The average molecular weight is 311 g/mol. The molecule has 112 valence electrons. The number of hydrogen-bond donors (Lipinski definition) is 1. The number of nitrogens with one attached hydrogen (secondary N) is 1. The molecule has 0 aliphatic carbocycles. The lowest BCUT2D eigenvalue weighted by atomic mass is 10.0. The fraction of sp³-hybridized carbons (Fsp3) is 0.200. The van der Waals surface area contributed by atoms with E-state index in [1.807, 2.05) is 19.9 Å². The van der Waals surface area contributed by atoms with E-state index in [0.29, 0.717) is 11.8 Å². The molecule has 0 aliphatic heterocycles. The first-order chi connectivity index (χ1) is 9.79. The van der Waals surface area contributed by atoms with E-state index in [9.17, 15) is 17.2 Å². The lowest BCUT2D eigenvalue weighted by molar-refractivity contribution is 0.504. The van der Waals surface area contributed by atoms with E-state index in [0.717, 1.165) is 17.7 Å². The smallest absolute Gasteiger partial charge is 0.261 e. The molecule has 0 atom stereocenters. The molecule has 2 aromatic rings. The van der Waals surface area contributed by atoms with Gasteiger partial charge in [0, 0.05) is 5.69 Å². The molecule has 0 fully saturated rings. The lowest BCUT2D eigenvalue weighted by Crippen LogP contribution is -2.13. The maximum absolute atomic E-state index is 13.2. The highest BCUT2D eigenvalue weighted by Crippen LogP contribution is 2.22. The van der Waals surface area contributed by atoms with Crippen LogP contribution in [-0.4, -0.2) is 8.42 Å². The van der Waals surface area contributed by atoms with E-state index in [-0.39, 0.29) is 10.8 Å². The Hall–Kier alpha value is -1.95. The first-order valence-electron chi connectivity index (χ1n) is 6.37. The van der Waals surface area contributed by atoms with Crippen LogP contribution in [0.1, 0.15) is 25.3 Å². The predicted molar refractivity (Wildman–Crippen MR) is 77.7 cm³/mol. The van der Waals surface area contributed by atoms with E-state index in [1.165, 1.54) is 0 Å². The maximum Gasteiger partial charge on any atom is 0.261 e. The van der Waals surface area contributed by atoms with Gasteiger partial charge < -0.3 is 0 Å². The van der Waals surface area contributed by atoms with Crippen molar-refractivity contribution in [1.82, 2.24) is 0 Å². The Morgan fingerprint density at radius 3 is 2.33 bits per heavy atom. The van der Waals surface area contributed by atoms with E-state index in [1.54, 1.807) is 18.2 Å². The van der Waals surface area contributed by atoms with Crippen LogP contribution in [0, 0.1) is 11.6 Å². The van der Waals surface area contributed by atoms with Gasteiger partial charge in [0.25, 0.3) is 10.0 Å². The minimum Gasteiger partial charge on any atom is -0.280 e. The Kier molecular flexibility index (Phi) is 4.27. The van der Waals surface area contributed by atoms with Crippen LogP contribution in [0.25, 0.3) is 0 Å². The van der Waals surface area contributed by atoms with Crippen LogP contribution >= 0.6 is 0 Å². The molecule has 0 radical (unpaired) electrons. The van der Waals surface area contributed by atoms with Gasteiger partial charge in [0.05, 0.1) is 4.90 Å². The number of hydrogen-bond acceptors (Lipinski definition) is 2. The number of rotatable bonds is 4. The van der Waals surface area contributed by atoms with Crippen molar-refractivity contribution in [3.8, 4) is 0 Å². The summed E-state index contributed by atoms with van der Waals surface area (Å²) >= 11 is 0. The lowest BCUT2D eigenvalue weighted by Gasteiger charge is -2.11. The number of anilines is 1. The quantitative estimate of drug-likeness (QED) is 0.931. The molecular formula is C15H15F2NO2S. The average Bonchev–Trinajstić information content (AvgIpc) is 2.41. The van der Waals surface area contributed by atoms with Crippen molar-refractivity contribution in [2.24, 2.45) is 0 Å². The number of sulfonamides is 1. The molecule has 0 bridgehead atoms. The zero-order valence-corrected chi connectivity index (χ0v) is 12.4. The molecule has 0 saturated heterocycles. The molecule has 6 heteroatoms. The molecule has 1 N–H and O–H groups in total. The minimum absolute atomic E-state index is 0.248. The predicted octanol–water partition coefficient (Wildman–Crippen LogP) is 3.89. The molecule has 0 heterocycles. The van der Waals surface area contributed by atoms with Gasteiger partial charge in [-0.1, -0.05) is 26.0 Å². The molecular weight excluding hydrogens is 296 g/mol. The van der Waals surface area contributed by atoms with Crippen LogP contribution in [0.4, 0.5) is 14.5 Å². The van der Waals surface area contributed by atoms with Crippen molar-refractivity contribution < 1.29 is 17.2 Å². The summed E-state index contributed by atoms with van der Waals surface area (Å²) in [5.41, 5.74) is 1.35. The van der Waals surface area contributed by atoms with Gasteiger partial charge >= 0.3 is 0 Å². The molecule has 0 aliphatic rings. The Labute approximate surface area is 122 Å². The monoisotopic (exact) mass is 311 g/mol. The molecule has 0 aromatic heterocycles. The zero-order valence-electron chi connectivity index (χ0n) is 11.6. The van der Waals surface area contributed by atoms with Crippen LogP contribution in [0.3, 0.4) is 0 Å². The summed E-state index contributed by atoms with van der Waals surface area (Å²) in [6.07, 6.45) is 0. The standard InChI is InChI=1S/C15H15F2NO2S/c1-10(2)11-4-3-5-12(8-11)18-21(19,20)13-6-7-14(16)15(17)9-13/h3-10,18H,1-2H3. The van der Waals surface area contributed by atoms with E-state index in [2.05, 4.69) is 4.72 Å². The van der Waals surface area contributed by atoms with Crippen molar-refractivity contribution in [2.45, 2.75) is 24.7 Å². The Bertz CT molecular complexity index is 758. The Balaban J connectivity index is 2.33. The van der Waals surface area contributed by atoms with Crippen LogP contribution in [0.2, 0.25) is 0 Å². The fourth-order valence-electron chi connectivity index (χ4n) is 1.82. The topological polar surface area (TPSA) is 46.2 Å². The Morgan fingerprint density at radius 2 is 1.71 bits per heavy atom. The normalized spacial score (nSPS) is 11.7. The molecule has 0 amide bonds. The van der Waals surface area contributed by atoms with Gasteiger partial charge in [0.15, 0.2) is 11.6 Å². The van der Waals surface area contributed by atoms with Crippen LogP contribution in [0.15, 0.2) is 47.4 Å². The highest BCUT2D eigenvalue weighted by atomic mass is 32.2. The summed E-state index contributed by atoms with van der Waals surface area (Å²) in [7, 11) is -3.95. The van der Waals surface area contributed by atoms with Gasteiger partial charge in [0.2, 0.25) is 0 Å². The van der Waals surface area contributed by atoms with Crippen molar-refractivity contribution >= 4 is 15.7 Å². The summed E-state index contributed by atoms with van der Waals surface area (Å²) in [6.45, 7) is 3.98. The molecule has 3 nitrogen and oxygen atoms in total. The first kappa shape index (κ1) is 15.4. The van der Waals surface area contributed by atoms with E-state index >= 15 is 0 Å². The highest BCUT2D eigenvalue weighted by molar-refractivity contribution is 7.92. The van der Waals surface area contributed by atoms with E-state index in [4.69, 9.17) is 0 Å². The molecule has 2 rings (SSSR count). The second-order valence-corrected chi connectivity index (χ2v) is 6.64. The molecule has 0 spiro atoms. The second kappa shape index (κ2) is 5.81. The molecule has 21 heavy (non-hydrogen) atoms. The third-order valence-electron chi connectivity index (χ3n) is 3.01. The fourth-order valence-corrected chi connectivity index (χ4v) is 2.88. The first-order valence-corrected chi connectivity index (χ1v) is 7.86. The van der Waals surface area contributed by atoms with Gasteiger partial charge in [-0.3, -0.25) is 4.72 Å². The number of halogens is 2. The third kappa shape index (κ3) is 3.58. The molecule has 0 unspecified atom stereocenters. The molecule has 2 aromatic carbocycles. The van der Waals surface area contributed by atoms with Gasteiger partial charge in [-0.05, 0) is 41.8 Å². The minimum atomic E-state index is -3.95. The van der Waals surface area contributed by atoms with Crippen LogP contribution < -0.4 is 4.72 Å². The van der Waals surface area contributed by atoms with Gasteiger partial charge in [0.1, 0.15) is 0 Å². The van der Waals surface area contributed by atoms with Crippen molar-refractivity contribution in [3.05, 3.63) is 59.7 Å². The van der Waals surface area contributed by atoms with Crippen molar-refractivity contribution in [1.29, 1.82) is 0 Å². The number of benzene rings is 2. The highest BCUT2D eigenvalue weighted by Gasteiger charge is 2.17. The zero-order chi connectivity index (χ0) is 15.6. The SMILES string of the molecule is CC(C)c1cccc(NS(=O)(=O)c2ccc(F)c(F)c2)c1. The maximum atomic E-state index is 13.2. The summed E-state index contributed by atoms with van der Waals surface area (Å²) in [4.78, 5) is -0.323. The van der Waals surface area contributed by atoms with Crippen LogP contribution in [0.5, 0.6) is 0 Å². The summed E-state index contributed by atoms with van der Waals surface area (Å²) in [6, 6.07) is 9.40. The summed E-state index contributed by atoms with van der Waals surface area (Å²) in [5.74, 6) is -2.04. The summed E-state index contributed by atoms with van der Waals surface area (Å²) < 4.78 is 52.7. The van der Waals surface area contributed by atoms with Crippen molar-refractivity contribution in [2.75, 3.05) is 4.72 Å². The van der Waals surface area contributed by atoms with Gasteiger partial charge in [-0.15, -0.1) is 0 Å². The third-order valence-corrected chi connectivity index (χ3v) is 4.39. The van der Waals surface area contributed by atoms with E-state index < -0.39 is 21.7 Å².